The van der Waals surface area contributed by atoms with Crippen LogP contribution in [0.1, 0.15) is 47.7 Å². The van der Waals surface area contributed by atoms with E-state index in [2.05, 4.69) is 30.5 Å². The molecular formula is C19H21N7O2. The molecule has 144 valence electrons. The minimum atomic E-state index is -0.186. The number of aliphatic hydroxyl groups excluding tert-OH is 1. The zero-order valence-electron chi connectivity index (χ0n) is 15.5. The Bertz CT molecular complexity index is 950. The summed E-state index contributed by atoms with van der Waals surface area (Å²) in [6.45, 7) is 2.59. The van der Waals surface area contributed by atoms with Crippen molar-refractivity contribution in [2.24, 2.45) is 0 Å². The second-order valence-corrected chi connectivity index (χ2v) is 6.75. The molecule has 2 N–H and O–H groups in total. The van der Waals surface area contributed by atoms with Crippen molar-refractivity contribution in [2.75, 3.05) is 0 Å². The minimum Gasteiger partial charge on any atom is -0.388 e. The zero-order valence-corrected chi connectivity index (χ0v) is 15.5. The fraction of sp³-hybridized carbons (Fsp3) is 0.368. The number of carbonyl (C=O) groups excluding carboxylic acids is 1. The molecule has 3 aromatic rings. The number of nitrogens with one attached hydrogen (secondary N) is 1. The van der Waals surface area contributed by atoms with Gasteiger partial charge in [-0.3, -0.25) is 9.78 Å². The molecule has 1 aliphatic carbocycles. The summed E-state index contributed by atoms with van der Waals surface area (Å²) < 4.78 is 1.94. The van der Waals surface area contributed by atoms with E-state index in [4.69, 9.17) is 0 Å². The average Bonchev–Trinajstić information content (AvgIpc) is 3.13. The molecule has 0 spiro atoms. The van der Waals surface area contributed by atoms with Crippen LogP contribution in [0.25, 0.3) is 11.4 Å². The van der Waals surface area contributed by atoms with Crippen LogP contribution >= 0.6 is 0 Å². The molecule has 0 bridgehead atoms. The van der Waals surface area contributed by atoms with E-state index in [-0.39, 0.29) is 24.5 Å². The third-order valence-corrected chi connectivity index (χ3v) is 4.99. The number of aliphatic hydroxyl groups is 1. The van der Waals surface area contributed by atoms with Crippen LogP contribution in [0.2, 0.25) is 0 Å². The van der Waals surface area contributed by atoms with Gasteiger partial charge in [0.15, 0.2) is 11.6 Å². The van der Waals surface area contributed by atoms with E-state index in [0.29, 0.717) is 23.8 Å². The smallest absolute Gasteiger partial charge is 0.254 e. The predicted molar refractivity (Wildman–Crippen MR) is 100 cm³/mol. The lowest BCUT2D eigenvalue weighted by Crippen LogP contribution is -2.44. The Morgan fingerprint density at radius 2 is 2.04 bits per heavy atom. The Hall–Kier alpha value is -3.20. The maximum absolute atomic E-state index is 12.4. The normalized spacial score (nSPS) is 18.5. The topological polar surface area (TPSA) is 119 Å². The Balaban J connectivity index is 1.35. The molecule has 1 amide bonds. The molecule has 9 heteroatoms. The number of hydrogen-bond donors (Lipinski definition) is 2. The van der Waals surface area contributed by atoms with Gasteiger partial charge >= 0.3 is 0 Å². The van der Waals surface area contributed by atoms with E-state index >= 15 is 0 Å². The first-order valence-corrected chi connectivity index (χ1v) is 9.25. The first-order valence-electron chi connectivity index (χ1n) is 9.25. The van der Waals surface area contributed by atoms with Crippen molar-refractivity contribution in [3.8, 4) is 11.4 Å². The molecular weight excluding hydrogens is 358 g/mol. The number of amides is 1. The third kappa shape index (κ3) is 3.48. The summed E-state index contributed by atoms with van der Waals surface area (Å²) in [5, 5.41) is 20.6. The van der Waals surface area contributed by atoms with Crippen molar-refractivity contribution < 1.29 is 9.90 Å². The number of carbonyl (C=O) groups is 1. The van der Waals surface area contributed by atoms with Gasteiger partial charge in [-0.15, -0.1) is 10.2 Å². The van der Waals surface area contributed by atoms with Gasteiger partial charge in [-0.2, -0.15) is 0 Å². The Labute approximate surface area is 161 Å². The molecule has 3 heterocycles. The van der Waals surface area contributed by atoms with E-state index in [1.165, 1.54) is 12.4 Å². The maximum Gasteiger partial charge on any atom is 0.254 e. The summed E-state index contributed by atoms with van der Waals surface area (Å²) in [5.74, 6) is 2.04. The number of rotatable bonds is 6. The predicted octanol–water partition coefficient (Wildman–Crippen LogP) is 1.32. The molecule has 0 aromatic carbocycles. The van der Waals surface area contributed by atoms with Gasteiger partial charge in [0.05, 0.1) is 5.56 Å². The minimum absolute atomic E-state index is 0.0788. The maximum atomic E-state index is 12.4. The highest BCUT2D eigenvalue weighted by Crippen LogP contribution is 2.36. The fourth-order valence-electron chi connectivity index (χ4n) is 3.42. The summed E-state index contributed by atoms with van der Waals surface area (Å²) in [6.07, 6.45) is 8.02. The van der Waals surface area contributed by atoms with Gasteiger partial charge in [-0.1, -0.05) is 0 Å². The lowest BCUT2D eigenvalue weighted by molar-refractivity contribution is 0.0906. The van der Waals surface area contributed by atoms with Crippen molar-refractivity contribution >= 4 is 5.91 Å². The molecule has 0 saturated heterocycles. The summed E-state index contributed by atoms with van der Waals surface area (Å²) in [5.41, 5.74) is 1.23. The molecule has 0 atom stereocenters. The fourth-order valence-corrected chi connectivity index (χ4v) is 3.42. The van der Waals surface area contributed by atoms with Crippen LogP contribution in [0, 0.1) is 0 Å². The van der Waals surface area contributed by atoms with Gasteiger partial charge in [0.1, 0.15) is 12.4 Å². The third-order valence-electron chi connectivity index (χ3n) is 4.99. The van der Waals surface area contributed by atoms with E-state index < -0.39 is 0 Å². The molecule has 3 aromatic heterocycles. The van der Waals surface area contributed by atoms with Crippen LogP contribution in [0.15, 0.2) is 36.9 Å². The molecule has 4 rings (SSSR count). The molecule has 28 heavy (non-hydrogen) atoms. The molecule has 0 aliphatic heterocycles. The summed E-state index contributed by atoms with van der Waals surface area (Å²) in [6, 6.07) is 3.76. The van der Waals surface area contributed by atoms with Crippen molar-refractivity contribution in [3.63, 3.8) is 0 Å². The summed E-state index contributed by atoms with van der Waals surface area (Å²) >= 11 is 0. The van der Waals surface area contributed by atoms with Crippen LogP contribution in [0.4, 0.5) is 0 Å². The second kappa shape index (κ2) is 7.81. The van der Waals surface area contributed by atoms with Gasteiger partial charge in [-0.25, -0.2) is 9.97 Å². The summed E-state index contributed by atoms with van der Waals surface area (Å²) in [4.78, 5) is 25.0. The van der Waals surface area contributed by atoms with Crippen LogP contribution in [-0.2, 0) is 13.2 Å². The van der Waals surface area contributed by atoms with Crippen molar-refractivity contribution in [3.05, 3.63) is 54.1 Å². The molecule has 0 radical (unpaired) electrons. The SMILES string of the molecule is CCn1c(CO)nnc1C1CC(NC(=O)c2cnc(-c3cccnc3)nc2)C1. The van der Waals surface area contributed by atoms with Gasteiger partial charge in [0.2, 0.25) is 0 Å². The number of hydrogen-bond acceptors (Lipinski definition) is 7. The summed E-state index contributed by atoms with van der Waals surface area (Å²) in [7, 11) is 0. The molecule has 9 nitrogen and oxygen atoms in total. The highest BCUT2D eigenvalue weighted by atomic mass is 16.3. The van der Waals surface area contributed by atoms with Crippen molar-refractivity contribution in [2.45, 2.75) is 44.9 Å². The average molecular weight is 379 g/mol. The monoisotopic (exact) mass is 379 g/mol. The quantitative estimate of drug-likeness (QED) is 0.663. The van der Waals surface area contributed by atoms with E-state index in [0.717, 1.165) is 24.2 Å². The van der Waals surface area contributed by atoms with Crippen LogP contribution < -0.4 is 5.32 Å². The Morgan fingerprint density at radius 1 is 1.25 bits per heavy atom. The van der Waals surface area contributed by atoms with Crippen LogP contribution in [0.3, 0.4) is 0 Å². The number of pyridine rings is 1. The van der Waals surface area contributed by atoms with Crippen LogP contribution in [-0.4, -0.2) is 46.8 Å². The van der Waals surface area contributed by atoms with Crippen LogP contribution in [0.5, 0.6) is 0 Å². The highest BCUT2D eigenvalue weighted by molar-refractivity contribution is 5.94. The first-order chi connectivity index (χ1) is 13.7. The van der Waals surface area contributed by atoms with Gasteiger partial charge in [0, 0.05) is 48.9 Å². The lowest BCUT2D eigenvalue weighted by Gasteiger charge is -2.35. The van der Waals surface area contributed by atoms with E-state index in [9.17, 15) is 9.90 Å². The molecule has 1 saturated carbocycles. The van der Waals surface area contributed by atoms with Crippen molar-refractivity contribution in [1.29, 1.82) is 0 Å². The standard InChI is InChI=1S/C19H21N7O2/c1-2-26-16(11-27)24-25-18(26)13-6-15(7-13)23-19(28)14-9-21-17(22-10-14)12-4-3-5-20-8-12/h3-5,8-10,13,15,27H,2,6-7,11H2,1H3,(H,23,28). The Kier molecular flexibility index (Phi) is 5.07. The van der Waals surface area contributed by atoms with Gasteiger partial charge in [-0.05, 0) is 31.9 Å². The highest BCUT2D eigenvalue weighted by Gasteiger charge is 2.35. The van der Waals surface area contributed by atoms with E-state index in [1.807, 2.05) is 23.6 Å². The largest absolute Gasteiger partial charge is 0.388 e. The van der Waals surface area contributed by atoms with Crippen molar-refractivity contribution in [1.82, 2.24) is 35.0 Å². The molecule has 1 aliphatic rings. The number of nitrogens with zero attached hydrogens (tertiary/aromatic N) is 6. The first kappa shape index (κ1) is 18.2. The number of aromatic nitrogens is 6. The zero-order chi connectivity index (χ0) is 19.5. The lowest BCUT2D eigenvalue weighted by atomic mass is 9.79. The van der Waals surface area contributed by atoms with Gasteiger partial charge in [0.25, 0.3) is 5.91 Å². The van der Waals surface area contributed by atoms with Gasteiger partial charge < -0.3 is 15.0 Å². The Morgan fingerprint density at radius 3 is 2.68 bits per heavy atom. The molecule has 1 fully saturated rings. The second-order valence-electron chi connectivity index (χ2n) is 6.75. The molecule has 0 unspecified atom stereocenters. The van der Waals surface area contributed by atoms with E-state index in [1.54, 1.807) is 12.4 Å².